The summed E-state index contributed by atoms with van der Waals surface area (Å²) in [7, 11) is 0. The van der Waals surface area contributed by atoms with Gasteiger partial charge < -0.3 is 24.1 Å². The number of aliphatic hydroxyl groups is 1. The van der Waals surface area contributed by atoms with E-state index in [0.29, 0.717) is 0 Å². The molecule has 5 atom stereocenters. The molecule has 1 aliphatic heterocycles. The molecule has 3 aromatic rings. The lowest BCUT2D eigenvalue weighted by atomic mass is 9.95. The van der Waals surface area contributed by atoms with Gasteiger partial charge in [0.05, 0.1) is 23.3 Å². The van der Waals surface area contributed by atoms with E-state index in [0.717, 1.165) is 0 Å². The monoisotopic (exact) mass is 508 g/mol. The van der Waals surface area contributed by atoms with Crippen molar-refractivity contribution in [3.63, 3.8) is 0 Å². The molecule has 3 aromatic carbocycles. The van der Waals surface area contributed by atoms with Crippen LogP contribution in [-0.4, -0.2) is 66.8 Å². The second-order valence-corrected chi connectivity index (χ2v) is 8.28. The Morgan fingerprint density at radius 2 is 1.11 bits per heavy atom. The van der Waals surface area contributed by atoms with Crippen LogP contribution in [-0.2, 0) is 18.9 Å². The Morgan fingerprint density at radius 3 is 1.57 bits per heavy atom. The van der Waals surface area contributed by atoms with E-state index in [9.17, 15) is 19.5 Å². The second-order valence-electron chi connectivity index (χ2n) is 8.28. The summed E-state index contributed by atoms with van der Waals surface area (Å²) < 4.78 is 37.6. The van der Waals surface area contributed by atoms with Crippen LogP contribution >= 0.6 is 0 Å². The highest BCUT2D eigenvalue weighted by molar-refractivity contribution is 5.90. The van der Waals surface area contributed by atoms with Gasteiger partial charge in [-0.3, -0.25) is 0 Å². The number of aliphatic hydroxyl groups excluding tert-OH is 1. The van der Waals surface area contributed by atoms with Crippen LogP contribution in [0.3, 0.4) is 0 Å². The van der Waals surface area contributed by atoms with Crippen LogP contribution in [0, 0.1) is 0 Å². The van der Waals surface area contributed by atoms with Gasteiger partial charge in [0.15, 0.2) is 18.4 Å². The van der Waals surface area contributed by atoms with Crippen LogP contribution in [0.1, 0.15) is 31.1 Å². The number of halogens is 1. The smallest absolute Gasteiger partial charge is 0.338 e. The van der Waals surface area contributed by atoms with Gasteiger partial charge in [-0.15, -0.1) is 0 Å². The molecule has 37 heavy (non-hydrogen) atoms. The van der Waals surface area contributed by atoms with Gasteiger partial charge in [-0.05, 0) is 36.4 Å². The van der Waals surface area contributed by atoms with E-state index in [4.69, 9.17) is 18.9 Å². The normalized spacial score (nSPS) is 23.0. The number of rotatable bonds is 8. The molecule has 0 aromatic heterocycles. The molecule has 0 saturated carbocycles. The summed E-state index contributed by atoms with van der Waals surface area (Å²) in [4.78, 5) is 37.9. The molecular weight excluding hydrogens is 483 g/mol. The van der Waals surface area contributed by atoms with Crippen LogP contribution in [0.2, 0.25) is 0 Å². The van der Waals surface area contributed by atoms with Crippen molar-refractivity contribution in [3.05, 3.63) is 108 Å². The van der Waals surface area contributed by atoms with Gasteiger partial charge in [-0.2, -0.15) is 0 Å². The summed E-state index contributed by atoms with van der Waals surface area (Å²) in [6.07, 6.45) is -7.82. The Labute approximate surface area is 212 Å². The topological polar surface area (TPSA) is 108 Å². The number of carbonyl (C=O) groups excluding carboxylic acids is 3. The van der Waals surface area contributed by atoms with E-state index >= 15 is 4.39 Å². The molecule has 1 aliphatic rings. The maximum absolute atomic E-state index is 15.8. The zero-order valence-electron chi connectivity index (χ0n) is 19.6. The summed E-state index contributed by atoms with van der Waals surface area (Å²) >= 11 is 0. The fraction of sp³-hybridized carbons (Fsp3) is 0.250. The molecule has 1 saturated heterocycles. The van der Waals surface area contributed by atoms with Gasteiger partial charge >= 0.3 is 17.9 Å². The predicted molar refractivity (Wildman–Crippen MR) is 129 cm³/mol. The number of ether oxygens (including phenoxy) is 4. The number of carbonyl (C=O) groups is 3. The van der Waals surface area contributed by atoms with E-state index in [1.807, 2.05) is 0 Å². The lowest BCUT2D eigenvalue weighted by molar-refractivity contribution is -0.219. The molecule has 0 bridgehead atoms. The van der Waals surface area contributed by atoms with E-state index < -0.39 is 61.7 Å². The summed E-state index contributed by atoms with van der Waals surface area (Å²) in [5.41, 5.74) is 0.595. The highest BCUT2D eigenvalue weighted by Crippen LogP contribution is 2.30. The Morgan fingerprint density at radius 1 is 0.676 bits per heavy atom. The zero-order chi connectivity index (χ0) is 26.2. The highest BCUT2D eigenvalue weighted by atomic mass is 19.1. The number of alkyl halides is 1. The summed E-state index contributed by atoms with van der Waals surface area (Å²) in [6, 6.07) is 24.0. The number of hydrogen-bond acceptors (Lipinski definition) is 8. The van der Waals surface area contributed by atoms with Gasteiger partial charge in [0, 0.05) is 0 Å². The SMILES string of the molecule is O=C(OCC1OC(CO)C(OC(=O)c2ccccc2)C(OC(=O)c2ccccc2)C1F)c1ccccc1. The first-order valence-electron chi connectivity index (χ1n) is 11.6. The fourth-order valence-corrected chi connectivity index (χ4v) is 3.88. The van der Waals surface area contributed by atoms with Gasteiger partial charge in [0.2, 0.25) is 0 Å². The first-order valence-corrected chi connectivity index (χ1v) is 11.6. The molecule has 0 radical (unpaired) electrons. The quantitative estimate of drug-likeness (QED) is 0.365. The number of benzene rings is 3. The molecular formula is C28H25FO8. The van der Waals surface area contributed by atoms with Crippen molar-refractivity contribution >= 4 is 17.9 Å². The van der Waals surface area contributed by atoms with E-state index in [1.165, 1.54) is 36.4 Å². The molecule has 192 valence electrons. The molecule has 8 nitrogen and oxygen atoms in total. The van der Waals surface area contributed by atoms with Crippen LogP contribution in [0.5, 0.6) is 0 Å². The zero-order valence-corrected chi connectivity index (χ0v) is 19.6. The minimum Gasteiger partial charge on any atom is -0.459 e. The molecule has 1 N–H and O–H groups in total. The number of esters is 3. The number of hydrogen-bond donors (Lipinski definition) is 1. The van der Waals surface area contributed by atoms with Gasteiger partial charge in [-0.1, -0.05) is 54.6 Å². The Bertz CT molecular complexity index is 1190. The van der Waals surface area contributed by atoms with Crippen molar-refractivity contribution in [1.82, 2.24) is 0 Å². The van der Waals surface area contributed by atoms with Gasteiger partial charge in [0.25, 0.3) is 0 Å². The molecule has 9 heteroatoms. The molecule has 1 fully saturated rings. The predicted octanol–water partition coefficient (Wildman–Crippen LogP) is 3.39. The Kier molecular flexibility index (Phi) is 8.60. The third kappa shape index (κ3) is 6.38. The minimum absolute atomic E-state index is 0.155. The van der Waals surface area contributed by atoms with E-state index in [2.05, 4.69) is 0 Å². The third-order valence-electron chi connectivity index (χ3n) is 5.78. The van der Waals surface area contributed by atoms with Crippen molar-refractivity contribution < 1.29 is 42.8 Å². The maximum atomic E-state index is 15.8. The van der Waals surface area contributed by atoms with Crippen molar-refractivity contribution in [2.75, 3.05) is 13.2 Å². The second kappa shape index (κ2) is 12.2. The molecule has 5 unspecified atom stereocenters. The largest absolute Gasteiger partial charge is 0.459 e. The highest BCUT2D eigenvalue weighted by Gasteiger charge is 2.51. The van der Waals surface area contributed by atoms with Crippen LogP contribution in [0.25, 0.3) is 0 Å². The first kappa shape index (κ1) is 26.0. The van der Waals surface area contributed by atoms with Crippen molar-refractivity contribution in [1.29, 1.82) is 0 Å². The van der Waals surface area contributed by atoms with Crippen molar-refractivity contribution in [2.45, 2.75) is 30.6 Å². The maximum Gasteiger partial charge on any atom is 0.338 e. The average Bonchev–Trinajstić information content (AvgIpc) is 2.95. The molecule has 0 spiro atoms. The third-order valence-corrected chi connectivity index (χ3v) is 5.78. The summed E-state index contributed by atoms with van der Waals surface area (Å²) in [6.45, 7) is -1.20. The first-order chi connectivity index (χ1) is 18.0. The fourth-order valence-electron chi connectivity index (χ4n) is 3.88. The van der Waals surface area contributed by atoms with Crippen molar-refractivity contribution in [3.8, 4) is 0 Å². The standard InChI is InChI=1S/C28H25FO8/c29-23-22(17-34-26(31)18-10-4-1-5-11-18)35-21(16-30)24(36-27(32)19-12-6-2-7-13-19)25(23)37-28(33)20-14-8-3-9-15-20/h1-15,21-25,30H,16-17H2. The van der Waals surface area contributed by atoms with Crippen LogP contribution < -0.4 is 0 Å². The molecule has 4 rings (SSSR count). The summed E-state index contributed by atoms with van der Waals surface area (Å²) in [5.74, 6) is -2.37. The van der Waals surface area contributed by atoms with Gasteiger partial charge in [0.1, 0.15) is 18.8 Å². The van der Waals surface area contributed by atoms with Crippen LogP contribution in [0.4, 0.5) is 4.39 Å². The molecule has 0 aliphatic carbocycles. The average molecular weight is 508 g/mol. The van der Waals surface area contributed by atoms with Crippen LogP contribution in [0.15, 0.2) is 91.0 Å². The molecule has 0 amide bonds. The van der Waals surface area contributed by atoms with Crippen molar-refractivity contribution in [2.24, 2.45) is 0 Å². The minimum atomic E-state index is -2.05. The van der Waals surface area contributed by atoms with Gasteiger partial charge in [-0.25, -0.2) is 18.8 Å². The Balaban J connectivity index is 1.55. The summed E-state index contributed by atoms with van der Waals surface area (Å²) in [5, 5.41) is 9.99. The lowest BCUT2D eigenvalue weighted by Gasteiger charge is -2.41. The lowest BCUT2D eigenvalue weighted by Crippen LogP contribution is -2.60. The van der Waals surface area contributed by atoms with E-state index in [1.54, 1.807) is 54.6 Å². The van der Waals surface area contributed by atoms with E-state index in [-0.39, 0.29) is 16.7 Å². The molecule has 1 heterocycles. The Hall–Kier alpha value is -4.08.